The maximum Gasteiger partial charge on any atom is 2.00 e. The molecule has 25 heavy (non-hydrogen) atoms. The molecule has 0 unspecified atom stereocenters. The zero-order valence-electron chi connectivity index (χ0n) is 17.2. The summed E-state index contributed by atoms with van der Waals surface area (Å²) in [5, 5.41) is 37.0. The van der Waals surface area contributed by atoms with Crippen LogP contribution in [0.2, 0.25) is 0 Å². The molecule has 7 heteroatoms. The Morgan fingerprint density at radius 3 is 0.800 bits per heavy atom. The molecule has 0 rings (SSSR count). The molecule has 0 bridgehead atoms. The number of carbonyl (C=O) groups excluding carboxylic acids is 2. The molecule has 0 amide bonds. The molecule has 0 spiro atoms. The Morgan fingerprint density at radius 1 is 0.680 bits per heavy atom. The maximum absolute atomic E-state index is 9.98. The van der Waals surface area contributed by atoms with E-state index in [0.29, 0.717) is 0 Å². The number of hydrogen-bond donors (Lipinski definition) is 2. The van der Waals surface area contributed by atoms with Crippen LogP contribution in [0.1, 0.15) is 69.2 Å². The summed E-state index contributed by atoms with van der Waals surface area (Å²) in [5.74, 6) is -0.750. The van der Waals surface area contributed by atoms with Gasteiger partial charge in [-0.25, -0.2) is 0 Å². The molecule has 0 aliphatic rings. The summed E-state index contributed by atoms with van der Waals surface area (Å²) in [6, 6.07) is 0. The zero-order chi connectivity index (χ0) is 20.7. The minimum absolute atomic E-state index is 0. The Bertz CT molecular complexity index is 352. The third kappa shape index (κ3) is 200. The van der Waals surface area contributed by atoms with E-state index in [4.69, 9.17) is 10.2 Å². The van der Waals surface area contributed by atoms with Gasteiger partial charge in [-0.1, -0.05) is 13.8 Å². The van der Waals surface area contributed by atoms with Crippen molar-refractivity contribution in [3.05, 3.63) is 23.7 Å². The Labute approximate surface area is 171 Å². The van der Waals surface area contributed by atoms with E-state index in [1.165, 1.54) is 27.7 Å². The summed E-state index contributed by atoms with van der Waals surface area (Å²) in [6.07, 6.45) is 2.11. The van der Waals surface area contributed by atoms with Gasteiger partial charge in [-0.05, 0) is 67.5 Å². The second-order valence-electron chi connectivity index (χ2n) is 7.07. The smallest absolute Gasteiger partial charge is 0.876 e. The molecule has 0 aliphatic heterocycles. The van der Waals surface area contributed by atoms with Crippen molar-refractivity contribution in [1.82, 2.24) is 0 Å². The van der Waals surface area contributed by atoms with Crippen LogP contribution in [0.25, 0.3) is 0 Å². The molecule has 0 aromatic rings. The molecule has 146 valence electrons. The van der Waals surface area contributed by atoms with Crippen molar-refractivity contribution in [1.29, 1.82) is 0 Å². The van der Waals surface area contributed by atoms with Crippen molar-refractivity contribution in [3.8, 4) is 0 Å². The minimum Gasteiger partial charge on any atom is -0.876 e. The van der Waals surface area contributed by atoms with Gasteiger partial charge in [-0.15, -0.1) is 11.5 Å². The van der Waals surface area contributed by atoms with E-state index in [1.54, 1.807) is 41.5 Å². The van der Waals surface area contributed by atoms with E-state index in [-0.39, 0.29) is 49.3 Å². The predicted molar refractivity (Wildman–Crippen MR) is 92.8 cm³/mol. The van der Waals surface area contributed by atoms with Crippen LogP contribution < -0.4 is 10.2 Å². The van der Waals surface area contributed by atoms with Gasteiger partial charge in [0.2, 0.25) is 0 Å². The Balaban J connectivity index is -0.0000000711. The first-order valence-corrected chi connectivity index (χ1v) is 7.42. The third-order valence-corrected chi connectivity index (χ3v) is 0.813. The van der Waals surface area contributed by atoms with Crippen molar-refractivity contribution in [2.45, 2.75) is 80.4 Å². The maximum atomic E-state index is 9.98. The molecule has 0 atom stereocenters. The third-order valence-electron chi connectivity index (χ3n) is 0.813. The standard InChI is InChI=1S/2C5H8O2.2C4H10O.Zr/c2*1-4(6)3-5(2)7;2*1-4(2,3)5;/h2*3,6H,1-2H3;2*5H,1-3H3;/q;;;;+2/p-2/b2*4-3-;;;. The van der Waals surface area contributed by atoms with Crippen LogP contribution in [-0.2, 0) is 35.8 Å². The zero-order valence-corrected chi connectivity index (χ0v) is 19.6. The van der Waals surface area contributed by atoms with Crippen molar-refractivity contribution < 1.29 is 56.2 Å². The van der Waals surface area contributed by atoms with Crippen LogP contribution in [0.5, 0.6) is 0 Å². The van der Waals surface area contributed by atoms with E-state index in [2.05, 4.69) is 0 Å². The Kier molecular flexibility index (Phi) is 25.5. The minimum atomic E-state index is -0.500. The fourth-order valence-electron chi connectivity index (χ4n) is 0.572. The van der Waals surface area contributed by atoms with Crippen molar-refractivity contribution in [3.63, 3.8) is 0 Å². The molecule has 6 nitrogen and oxygen atoms in total. The van der Waals surface area contributed by atoms with Gasteiger partial charge in [0.05, 0.1) is 11.2 Å². The van der Waals surface area contributed by atoms with Gasteiger partial charge in [0, 0.05) is 0 Å². The first kappa shape index (κ1) is 35.4. The van der Waals surface area contributed by atoms with Gasteiger partial charge < -0.3 is 20.4 Å². The van der Waals surface area contributed by atoms with Crippen LogP contribution >= 0.6 is 0 Å². The number of ketones is 2. The van der Waals surface area contributed by atoms with E-state index < -0.39 is 11.2 Å². The van der Waals surface area contributed by atoms with Gasteiger partial charge >= 0.3 is 26.2 Å². The molecular weight excluding hydrogens is 403 g/mol. The largest absolute Gasteiger partial charge is 2.00 e. The van der Waals surface area contributed by atoms with Crippen LogP contribution in [0, 0.1) is 0 Å². The number of rotatable bonds is 2. The monoisotopic (exact) mass is 436 g/mol. The summed E-state index contributed by atoms with van der Waals surface area (Å²) >= 11 is 0. The first-order chi connectivity index (χ1) is 10.3. The van der Waals surface area contributed by atoms with Crippen molar-refractivity contribution in [2.24, 2.45) is 0 Å². The second-order valence-corrected chi connectivity index (χ2v) is 7.07. The number of hydrogen-bond acceptors (Lipinski definition) is 6. The number of aliphatic hydroxyl groups is 2. The summed E-state index contributed by atoms with van der Waals surface area (Å²) in [6.45, 7) is 15.9. The van der Waals surface area contributed by atoms with E-state index in [0.717, 1.165) is 12.2 Å². The normalized spacial score (nSPS) is 11.2. The Hall–Kier alpha value is -0.777. The number of carbonyl (C=O) groups is 2. The van der Waals surface area contributed by atoms with Gasteiger partial charge in [-0.3, -0.25) is 9.59 Å². The van der Waals surface area contributed by atoms with Crippen molar-refractivity contribution >= 4 is 11.6 Å². The van der Waals surface area contributed by atoms with Crippen LogP contribution in [0.15, 0.2) is 23.7 Å². The van der Waals surface area contributed by atoms with Gasteiger partial charge in [0.15, 0.2) is 11.6 Å². The number of allylic oxidation sites excluding steroid dienone is 4. The molecule has 0 saturated carbocycles. The summed E-state index contributed by atoms with van der Waals surface area (Å²) in [5.41, 5.74) is -1.00. The van der Waals surface area contributed by atoms with Crippen molar-refractivity contribution in [2.75, 3.05) is 0 Å². The van der Waals surface area contributed by atoms with Crippen LogP contribution in [0.3, 0.4) is 0 Å². The first-order valence-electron chi connectivity index (χ1n) is 7.42. The van der Waals surface area contributed by atoms with Gasteiger partial charge in [0.1, 0.15) is 0 Å². The summed E-state index contributed by atoms with van der Waals surface area (Å²) < 4.78 is 0. The molecule has 0 aromatic carbocycles. The molecule has 0 aliphatic carbocycles. The molecular formula is C18H34O6Zr. The van der Waals surface area contributed by atoms with E-state index in [9.17, 15) is 19.8 Å². The average Bonchev–Trinajstić information content (AvgIpc) is 2.05. The van der Waals surface area contributed by atoms with E-state index in [1.807, 2.05) is 0 Å². The fourth-order valence-corrected chi connectivity index (χ4v) is 0.572. The molecule has 0 fully saturated rings. The second kappa shape index (κ2) is 18.0. The van der Waals surface area contributed by atoms with Crippen LogP contribution in [-0.4, -0.2) is 33.0 Å². The van der Waals surface area contributed by atoms with E-state index >= 15 is 0 Å². The van der Waals surface area contributed by atoms with Gasteiger partial charge in [0.25, 0.3) is 0 Å². The molecule has 0 heterocycles. The predicted octanol–water partition coefficient (Wildman–Crippen LogP) is 1.23. The summed E-state index contributed by atoms with van der Waals surface area (Å²) in [4.78, 5) is 20.0. The van der Waals surface area contributed by atoms with Gasteiger partial charge in [-0.2, -0.15) is 0 Å². The molecule has 0 saturated heterocycles. The molecule has 2 N–H and O–H groups in total. The SMILES string of the molecule is CC(=O)/C=C(/C)[O-].CC(=O)/C=C(/C)[O-].CC(C)(C)O.CC(C)(C)O.[Zr+2]. The summed E-state index contributed by atoms with van der Waals surface area (Å²) in [7, 11) is 0. The quantitative estimate of drug-likeness (QED) is 0.495. The average molecular weight is 438 g/mol. The fraction of sp³-hybridized carbons (Fsp3) is 0.667. The Morgan fingerprint density at radius 2 is 0.800 bits per heavy atom. The molecule has 0 aromatic heterocycles. The topological polar surface area (TPSA) is 121 Å². The van der Waals surface area contributed by atoms with Crippen LogP contribution in [0.4, 0.5) is 0 Å². The molecule has 0 radical (unpaired) electrons.